The number of aliphatic hydroxyl groups excluding tert-OH is 1. The van der Waals surface area contributed by atoms with Gasteiger partial charge in [0.1, 0.15) is 42.4 Å². The number of aliphatic hydroxyl groups is 1. The summed E-state index contributed by atoms with van der Waals surface area (Å²) in [5, 5.41) is 11.9. The first kappa shape index (κ1) is 32.6. The zero-order valence-electron chi connectivity index (χ0n) is 25.7. The van der Waals surface area contributed by atoms with Crippen LogP contribution in [0.1, 0.15) is 22.3 Å². The molecule has 0 aromatic heterocycles. The molecule has 0 saturated heterocycles. The van der Waals surface area contributed by atoms with Crippen LogP contribution in [0.5, 0.6) is 5.75 Å². The average Bonchev–Trinajstić information content (AvgIpc) is 3.10. The molecule has 1 fully saturated rings. The third kappa shape index (κ3) is 9.11. The van der Waals surface area contributed by atoms with Gasteiger partial charge in [0.2, 0.25) is 0 Å². The molecule has 7 heteroatoms. The Hall–Kier alpha value is -3.82. The van der Waals surface area contributed by atoms with E-state index in [2.05, 4.69) is 6.58 Å². The fraction of sp³-hybridized carbons (Fsp3) is 0.316. The molecule has 0 spiro atoms. The number of methoxy groups -OCH3 is 1. The molecule has 0 aliphatic heterocycles. The van der Waals surface area contributed by atoms with E-state index in [1.807, 2.05) is 115 Å². The second kappa shape index (κ2) is 17.0. The van der Waals surface area contributed by atoms with Crippen molar-refractivity contribution in [2.45, 2.75) is 63.1 Å². The molecular weight excluding hydrogens is 568 g/mol. The normalized spacial score (nSPS) is 23.0. The van der Waals surface area contributed by atoms with Crippen molar-refractivity contribution in [1.29, 1.82) is 0 Å². The van der Waals surface area contributed by atoms with Crippen LogP contribution in [-0.2, 0) is 50.1 Å². The summed E-state index contributed by atoms with van der Waals surface area (Å²) in [4.78, 5) is 0. The SMILES string of the molecule is C=CCO[C@H]1[C@@H](O)[C@H](OCc2ccc(OC)cc2)[C@H](OCc2ccccc2)[C@@H](OCc2ccccc2)[C@@H]1OCc1ccccc1. The molecule has 1 aliphatic carbocycles. The number of rotatable bonds is 16. The van der Waals surface area contributed by atoms with Crippen LogP contribution in [0.15, 0.2) is 128 Å². The molecule has 45 heavy (non-hydrogen) atoms. The molecule has 0 heterocycles. The number of benzene rings is 4. The molecule has 1 saturated carbocycles. The molecule has 1 aliphatic rings. The zero-order valence-corrected chi connectivity index (χ0v) is 25.7. The Morgan fingerprint density at radius 3 is 1.27 bits per heavy atom. The van der Waals surface area contributed by atoms with E-state index in [1.54, 1.807) is 13.2 Å². The van der Waals surface area contributed by atoms with Crippen LogP contribution in [0.4, 0.5) is 0 Å². The van der Waals surface area contributed by atoms with Crippen LogP contribution in [0.2, 0.25) is 0 Å². The summed E-state index contributed by atoms with van der Waals surface area (Å²) in [6.45, 7) is 5.21. The maximum absolute atomic E-state index is 11.9. The second-order valence-electron chi connectivity index (χ2n) is 11.0. The maximum atomic E-state index is 11.9. The Morgan fingerprint density at radius 1 is 0.511 bits per heavy atom. The summed E-state index contributed by atoms with van der Waals surface area (Å²) >= 11 is 0. The van der Waals surface area contributed by atoms with Gasteiger partial charge in [-0.25, -0.2) is 0 Å². The highest BCUT2D eigenvalue weighted by Crippen LogP contribution is 2.34. The van der Waals surface area contributed by atoms with Gasteiger partial charge in [-0.2, -0.15) is 0 Å². The lowest BCUT2D eigenvalue weighted by Gasteiger charge is -2.48. The molecule has 5 rings (SSSR count). The molecule has 0 bridgehead atoms. The Bertz CT molecular complexity index is 1400. The van der Waals surface area contributed by atoms with Crippen molar-refractivity contribution in [2.75, 3.05) is 13.7 Å². The van der Waals surface area contributed by atoms with Crippen LogP contribution in [0.3, 0.4) is 0 Å². The predicted octanol–water partition coefficient (Wildman–Crippen LogP) is 6.28. The van der Waals surface area contributed by atoms with Crippen molar-refractivity contribution in [2.24, 2.45) is 0 Å². The van der Waals surface area contributed by atoms with Crippen molar-refractivity contribution in [1.82, 2.24) is 0 Å². The van der Waals surface area contributed by atoms with Crippen LogP contribution in [0.25, 0.3) is 0 Å². The van der Waals surface area contributed by atoms with Gasteiger partial charge in [0.25, 0.3) is 0 Å². The minimum atomic E-state index is -1.08. The van der Waals surface area contributed by atoms with Crippen LogP contribution in [0, 0.1) is 0 Å². The maximum Gasteiger partial charge on any atom is 0.118 e. The molecule has 4 aromatic rings. The Kier molecular flexibility index (Phi) is 12.3. The molecule has 0 amide bonds. The van der Waals surface area contributed by atoms with E-state index in [1.165, 1.54) is 0 Å². The summed E-state index contributed by atoms with van der Waals surface area (Å²) in [6, 6.07) is 37.4. The Labute approximate surface area is 265 Å². The summed E-state index contributed by atoms with van der Waals surface area (Å²) in [5.74, 6) is 0.756. The Morgan fingerprint density at radius 2 is 0.867 bits per heavy atom. The summed E-state index contributed by atoms with van der Waals surface area (Å²) in [7, 11) is 1.63. The van der Waals surface area contributed by atoms with Gasteiger partial charge in [0.05, 0.1) is 40.1 Å². The number of hydrogen-bond donors (Lipinski definition) is 1. The second-order valence-corrected chi connectivity index (χ2v) is 11.0. The third-order valence-corrected chi connectivity index (χ3v) is 7.83. The van der Waals surface area contributed by atoms with E-state index in [0.29, 0.717) is 19.8 Å². The first-order valence-corrected chi connectivity index (χ1v) is 15.3. The quantitative estimate of drug-likeness (QED) is 0.150. The van der Waals surface area contributed by atoms with E-state index in [-0.39, 0.29) is 13.2 Å². The highest BCUT2D eigenvalue weighted by Gasteiger charge is 2.54. The van der Waals surface area contributed by atoms with Gasteiger partial charge >= 0.3 is 0 Å². The monoisotopic (exact) mass is 610 g/mol. The highest BCUT2D eigenvalue weighted by molar-refractivity contribution is 5.27. The van der Waals surface area contributed by atoms with E-state index in [0.717, 1.165) is 28.0 Å². The van der Waals surface area contributed by atoms with E-state index in [9.17, 15) is 5.11 Å². The minimum Gasteiger partial charge on any atom is -0.497 e. The van der Waals surface area contributed by atoms with Crippen molar-refractivity contribution >= 4 is 0 Å². The van der Waals surface area contributed by atoms with Crippen molar-refractivity contribution < 1.29 is 33.5 Å². The first-order chi connectivity index (χ1) is 22.2. The van der Waals surface area contributed by atoms with Crippen molar-refractivity contribution in [3.63, 3.8) is 0 Å². The minimum absolute atomic E-state index is 0.221. The average molecular weight is 611 g/mol. The lowest BCUT2D eigenvalue weighted by molar-refractivity contribution is -0.280. The molecule has 1 N–H and O–H groups in total. The van der Waals surface area contributed by atoms with Gasteiger partial charge in [0.15, 0.2) is 0 Å². The Balaban J connectivity index is 1.47. The van der Waals surface area contributed by atoms with Gasteiger partial charge in [-0.05, 0) is 34.4 Å². The summed E-state index contributed by atoms with van der Waals surface area (Å²) < 4.78 is 37.9. The van der Waals surface area contributed by atoms with Gasteiger partial charge in [0, 0.05) is 0 Å². The molecule has 236 valence electrons. The lowest BCUT2D eigenvalue weighted by atomic mass is 9.83. The fourth-order valence-electron chi connectivity index (χ4n) is 5.49. The summed E-state index contributed by atoms with van der Waals surface area (Å²) in [6.07, 6.45) is -2.99. The van der Waals surface area contributed by atoms with Crippen LogP contribution >= 0.6 is 0 Å². The number of hydrogen-bond acceptors (Lipinski definition) is 7. The van der Waals surface area contributed by atoms with Gasteiger partial charge < -0.3 is 33.5 Å². The molecule has 7 nitrogen and oxygen atoms in total. The molecule has 0 unspecified atom stereocenters. The van der Waals surface area contributed by atoms with Gasteiger partial charge in [-0.3, -0.25) is 0 Å². The topological polar surface area (TPSA) is 75.6 Å². The first-order valence-electron chi connectivity index (χ1n) is 15.3. The fourth-order valence-corrected chi connectivity index (χ4v) is 5.49. The van der Waals surface area contributed by atoms with E-state index < -0.39 is 36.6 Å². The van der Waals surface area contributed by atoms with E-state index >= 15 is 0 Å². The molecule has 0 radical (unpaired) electrons. The van der Waals surface area contributed by atoms with Crippen LogP contribution in [-0.4, -0.2) is 55.4 Å². The van der Waals surface area contributed by atoms with Gasteiger partial charge in [-0.1, -0.05) is 109 Å². The van der Waals surface area contributed by atoms with Crippen LogP contribution < -0.4 is 4.74 Å². The summed E-state index contributed by atoms with van der Waals surface area (Å²) in [5.41, 5.74) is 3.93. The van der Waals surface area contributed by atoms with Crippen molar-refractivity contribution in [3.05, 3.63) is 150 Å². The largest absolute Gasteiger partial charge is 0.497 e. The zero-order chi connectivity index (χ0) is 31.3. The highest BCUT2D eigenvalue weighted by atomic mass is 16.6. The molecule has 4 aromatic carbocycles. The smallest absolute Gasteiger partial charge is 0.118 e. The van der Waals surface area contributed by atoms with E-state index in [4.69, 9.17) is 28.4 Å². The van der Waals surface area contributed by atoms with Crippen molar-refractivity contribution in [3.8, 4) is 5.75 Å². The predicted molar refractivity (Wildman–Crippen MR) is 173 cm³/mol. The number of ether oxygens (including phenoxy) is 6. The standard InChI is InChI=1S/C38H42O7/c1-3-23-41-34-33(39)35(42-27-31-19-21-32(40-2)22-20-31)37(44-25-29-15-9-5-10-16-29)38(45-26-30-17-11-6-12-18-30)36(34)43-24-28-13-7-4-8-14-28/h3-22,33-39H,1,23-27H2,2H3/t33-,34+,35+,36-,37+,38+/m1/s1. The third-order valence-electron chi connectivity index (χ3n) is 7.83. The lowest BCUT2D eigenvalue weighted by Crippen LogP contribution is -2.66. The van der Waals surface area contributed by atoms with Gasteiger partial charge in [-0.15, -0.1) is 6.58 Å². The molecular formula is C38H42O7. The molecule has 6 atom stereocenters.